The molecule has 0 radical (unpaired) electrons. The number of amides is 1. The van der Waals surface area contributed by atoms with Gasteiger partial charge in [0.25, 0.3) is 0 Å². The van der Waals surface area contributed by atoms with Gasteiger partial charge in [0.1, 0.15) is 11.6 Å². The van der Waals surface area contributed by atoms with Gasteiger partial charge in [0.05, 0.1) is 18.8 Å². The minimum atomic E-state index is -0.282. The molecule has 150 valence electrons. The monoisotopic (exact) mass is 413 g/mol. The maximum Gasteiger partial charge on any atom is 0.233 e. The van der Waals surface area contributed by atoms with E-state index in [1.54, 1.807) is 24.1 Å². The molecule has 0 atom stereocenters. The van der Waals surface area contributed by atoms with Crippen molar-refractivity contribution in [1.29, 1.82) is 0 Å². The predicted molar refractivity (Wildman–Crippen MR) is 107 cm³/mol. The van der Waals surface area contributed by atoms with Crippen LogP contribution in [-0.2, 0) is 11.2 Å². The molecule has 2 aromatic carbocycles. The molecule has 6 nitrogen and oxygen atoms in total. The topological polar surface area (TPSA) is 68.5 Å². The summed E-state index contributed by atoms with van der Waals surface area (Å²) in [6, 6.07) is 13.9. The van der Waals surface area contributed by atoms with Crippen LogP contribution in [0.2, 0.25) is 0 Å². The predicted octanol–water partition coefficient (Wildman–Crippen LogP) is 3.53. The second-order valence-electron chi connectivity index (χ2n) is 6.78. The molecule has 0 spiro atoms. The number of rotatable bonds is 7. The molecule has 1 aromatic heterocycles. The number of nitrogens with zero attached hydrogens (tertiary/aromatic N) is 3. The Morgan fingerprint density at radius 1 is 1.24 bits per heavy atom. The normalized spacial score (nSPS) is 13.9. The molecule has 29 heavy (non-hydrogen) atoms. The number of benzene rings is 2. The summed E-state index contributed by atoms with van der Waals surface area (Å²) in [5.41, 5.74) is 0.991. The van der Waals surface area contributed by atoms with Gasteiger partial charge in [0.2, 0.25) is 11.8 Å². The van der Waals surface area contributed by atoms with E-state index < -0.39 is 0 Å². The first-order valence-corrected chi connectivity index (χ1v) is 10.2. The molecule has 1 amide bonds. The Hall–Kier alpha value is -2.87. The zero-order chi connectivity index (χ0) is 20.2. The van der Waals surface area contributed by atoms with Crippen LogP contribution in [0.4, 0.5) is 4.39 Å². The van der Waals surface area contributed by atoms with Crippen LogP contribution in [0.5, 0.6) is 5.75 Å². The highest BCUT2D eigenvalue weighted by molar-refractivity contribution is 8.00. The number of thioether (sulfide) groups is 1. The molecule has 8 heteroatoms. The van der Waals surface area contributed by atoms with E-state index in [1.807, 2.05) is 24.3 Å². The Morgan fingerprint density at radius 3 is 2.76 bits per heavy atom. The number of methoxy groups -OCH3 is 1. The number of carbonyl (C=O) groups excluding carboxylic acids is 1. The van der Waals surface area contributed by atoms with Crippen LogP contribution in [0, 0.1) is 5.82 Å². The largest absolute Gasteiger partial charge is 0.496 e. The summed E-state index contributed by atoms with van der Waals surface area (Å²) in [6.45, 7) is 1.14. The van der Waals surface area contributed by atoms with Crippen molar-refractivity contribution < 1.29 is 18.4 Å². The molecular formula is C21H20FN3O3S. The molecular weight excluding hydrogens is 393 g/mol. The lowest BCUT2D eigenvalue weighted by Crippen LogP contribution is -2.49. The number of carbonyl (C=O) groups is 1. The smallest absolute Gasteiger partial charge is 0.233 e. The molecule has 3 aromatic rings. The average Bonchev–Trinajstić information content (AvgIpc) is 3.15. The second kappa shape index (κ2) is 8.65. The number of halogens is 1. The molecule has 0 N–H and O–H groups in total. The van der Waals surface area contributed by atoms with Crippen molar-refractivity contribution in [2.45, 2.75) is 17.2 Å². The van der Waals surface area contributed by atoms with Crippen LogP contribution in [0.25, 0.3) is 0 Å². The molecule has 0 bridgehead atoms. The van der Waals surface area contributed by atoms with Crippen molar-refractivity contribution in [3.63, 3.8) is 0 Å². The van der Waals surface area contributed by atoms with Gasteiger partial charge in [-0.25, -0.2) is 4.39 Å². The van der Waals surface area contributed by atoms with E-state index in [-0.39, 0.29) is 17.6 Å². The highest BCUT2D eigenvalue weighted by Crippen LogP contribution is 2.28. The van der Waals surface area contributed by atoms with Crippen molar-refractivity contribution in [2.24, 2.45) is 0 Å². The number of hydrogen-bond acceptors (Lipinski definition) is 6. The maximum atomic E-state index is 12.9. The Balaban J connectivity index is 1.27. The third-order valence-electron chi connectivity index (χ3n) is 4.78. The summed E-state index contributed by atoms with van der Waals surface area (Å²) in [4.78, 5) is 19.4. The van der Waals surface area contributed by atoms with Gasteiger partial charge in [-0.1, -0.05) is 23.4 Å². The van der Waals surface area contributed by atoms with E-state index in [1.165, 1.54) is 23.9 Å². The molecule has 1 aliphatic rings. The van der Waals surface area contributed by atoms with E-state index in [9.17, 15) is 9.18 Å². The lowest BCUT2D eigenvalue weighted by Gasteiger charge is -2.37. The van der Waals surface area contributed by atoms with Crippen LogP contribution in [0.3, 0.4) is 0 Å². The fraction of sp³-hybridized carbons (Fsp3) is 0.286. The number of para-hydroxylation sites is 1. The van der Waals surface area contributed by atoms with Gasteiger partial charge in [0, 0.05) is 30.0 Å². The summed E-state index contributed by atoms with van der Waals surface area (Å²) in [7, 11) is 1.63. The Morgan fingerprint density at radius 2 is 2.00 bits per heavy atom. The van der Waals surface area contributed by atoms with Crippen molar-refractivity contribution >= 4 is 17.7 Å². The van der Waals surface area contributed by atoms with E-state index in [2.05, 4.69) is 10.1 Å². The van der Waals surface area contributed by atoms with Crippen LogP contribution < -0.4 is 4.74 Å². The highest BCUT2D eigenvalue weighted by atomic mass is 32.2. The molecule has 1 aliphatic heterocycles. The molecule has 1 saturated heterocycles. The lowest BCUT2D eigenvalue weighted by molar-refractivity contribution is -0.133. The van der Waals surface area contributed by atoms with Gasteiger partial charge in [0.15, 0.2) is 5.82 Å². The Bertz CT molecular complexity index is 987. The van der Waals surface area contributed by atoms with Crippen LogP contribution >= 0.6 is 11.8 Å². The average molecular weight is 413 g/mol. The van der Waals surface area contributed by atoms with Crippen molar-refractivity contribution in [3.8, 4) is 5.75 Å². The third kappa shape index (κ3) is 4.59. The zero-order valence-corrected chi connectivity index (χ0v) is 16.7. The van der Waals surface area contributed by atoms with E-state index in [4.69, 9.17) is 9.26 Å². The number of aromatic nitrogens is 2. The van der Waals surface area contributed by atoms with Crippen molar-refractivity contribution in [3.05, 3.63) is 71.6 Å². The first-order chi connectivity index (χ1) is 14.1. The SMILES string of the molecule is COc1ccccc1Cc1noc(C2CN(C(=O)CSc3ccc(F)cc3)C2)n1. The standard InChI is InChI=1S/C21H20FN3O3S/c1-27-18-5-3-2-4-14(18)10-19-23-21(28-24-19)15-11-25(12-15)20(26)13-29-17-8-6-16(22)7-9-17/h2-9,15H,10-13H2,1H3. The van der Waals surface area contributed by atoms with E-state index in [0.717, 1.165) is 16.2 Å². The Labute approximate surface area is 172 Å². The van der Waals surface area contributed by atoms with E-state index in [0.29, 0.717) is 37.0 Å². The van der Waals surface area contributed by atoms with Crippen LogP contribution in [0.15, 0.2) is 57.9 Å². The zero-order valence-electron chi connectivity index (χ0n) is 15.9. The second-order valence-corrected chi connectivity index (χ2v) is 7.82. The molecule has 4 rings (SSSR count). The summed E-state index contributed by atoms with van der Waals surface area (Å²) in [5.74, 6) is 2.10. The number of ether oxygens (including phenoxy) is 1. The van der Waals surface area contributed by atoms with Gasteiger partial charge < -0.3 is 14.2 Å². The molecule has 0 saturated carbocycles. The molecule has 0 unspecified atom stereocenters. The molecule has 2 heterocycles. The van der Waals surface area contributed by atoms with Crippen LogP contribution in [-0.4, -0.2) is 46.9 Å². The van der Waals surface area contributed by atoms with Gasteiger partial charge in [-0.3, -0.25) is 4.79 Å². The van der Waals surface area contributed by atoms with Crippen molar-refractivity contribution in [1.82, 2.24) is 15.0 Å². The first-order valence-electron chi connectivity index (χ1n) is 9.23. The summed E-state index contributed by atoms with van der Waals surface area (Å²) in [5, 5.41) is 4.06. The van der Waals surface area contributed by atoms with Gasteiger partial charge in [-0.15, -0.1) is 11.8 Å². The fourth-order valence-electron chi connectivity index (χ4n) is 3.13. The van der Waals surface area contributed by atoms with Gasteiger partial charge >= 0.3 is 0 Å². The summed E-state index contributed by atoms with van der Waals surface area (Å²) < 4.78 is 23.7. The minimum Gasteiger partial charge on any atom is -0.496 e. The lowest BCUT2D eigenvalue weighted by atomic mass is 10.0. The molecule has 0 aliphatic carbocycles. The summed E-state index contributed by atoms with van der Waals surface area (Å²) in [6.07, 6.45) is 0.525. The third-order valence-corrected chi connectivity index (χ3v) is 5.78. The van der Waals surface area contributed by atoms with Crippen molar-refractivity contribution in [2.75, 3.05) is 26.0 Å². The van der Waals surface area contributed by atoms with Gasteiger partial charge in [-0.05, 0) is 30.3 Å². The highest BCUT2D eigenvalue weighted by Gasteiger charge is 2.35. The first kappa shape index (κ1) is 19.4. The van der Waals surface area contributed by atoms with E-state index >= 15 is 0 Å². The maximum absolute atomic E-state index is 12.9. The quantitative estimate of drug-likeness (QED) is 0.552. The minimum absolute atomic E-state index is 0.0457. The van der Waals surface area contributed by atoms with Gasteiger partial charge in [-0.2, -0.15) is 4.98 Å². The fourth-order valence-corrected chi connectivity index (χ4v) is 3.93. The summed E-state index contributed by atoms with van der Waals surface area (Å²) >= 11 is 1.40. The number of hydrogen-bond donors (Lipinski definition) is 0. The molecule has 1 fully saturated rings. The number of likely N-dealkylation sites (tertiary alicyclic amines) is 1. The van der Waals surface area contributed by atoms with Crippen LogP contribution in [0.1, 0.15) is 23.2 Å². The Kier molecular flexibility index (Phi) is 5.80.